The summed E-state index contributed by atoms with van der Waals surface area (Å²) < 4.78 is 16.0. The molecule has 2 aromatic carbocycles. The van der Waals surface area contributed by atoms with E-state index in [-0.39, 0.29) is 17.9 Å². The molecule has 1 aliphatic heterocycles. The Bertz CT molecular complexity index is 1220. The highest BCUT2D eigenvalue weighted by molar-refractivity contribution is 7.80. The van der Waals surface area contributed by atoms with E-state index in [1.54, 1.807) is 12.3 Å². The number of benzene rings is 2. The summed E-state index contributed by atoms with van der Waals surface area (Å²) in [4.78, 5) is 6.72. The van der Waals surface area contributed by atoms with Gasteiger partial charge in [0.05, 0.1) is 11.7 Å². The van der Waals surface area contributed by atoms with Gasteiger partial charge in [-0.15, -0.1) is 0 Å². The van der Waals surface area contributed by atoms with Gasteiger partial charge in [0.15, 0.2) is 5.11 Å². The first-order valence-corrected chi connectivity index (χ1v) is 10.5. The van der Waals surface area contributed by atoms with Gasteiger partial charge in [-0.3, -0.25) is 4.98 Å². The van der Waals surface area contributed by atoms with Gasteiger partial charge in [-0.2, -0.15) is 0 Å². The third-order valence-corrected chi connectivity index (χ3v) is 5.89. The monoisotopic (exact) mass is 428 g/mol. The molecule has 0 radical (unpaired) electrons. The minimum atomic E-state index is -0.270. The van der Waals surface area contributed by atoms with E-state index in [0.717, 1.165) is 22.8 Å². The molecule has 2 atom stereocenters. The predicted molar refractivity (Wildman–Crippen MR) is 125 cm³/mol. The Kier molecular flexibility index (Phi) is 5.00. The average Bonchev–Trinajstić information content (AvgIpc) is 3.39. The topological polar surface area (TPSA) is 33.1 Å². The Labute approximate surface area is 186 Å². The van der Waals surface area contributed by atoms with Gasteiger partial charge < -0.3 is 14.8 Å². The van der Waals surface area contributed by atoms with Crippen molar-refractivity contribution in [1.82, 2.24) is 14.9 Å². The van der Waals surface area contributed by atoms with Crippen molar-refractivity contribution < 1.29 is 4.39 Å². The normalized spacial score (nSPS) is 18.3. The Morgan fingerprint density at radius 1 is 0.935 bits per heavy atom. The first-order chi connectivity index (χ1) is 15.1. The molecule has 0 spiro atoms. The number of rotatable bonds is 4. The van der Waals surface area contributed by atoms with Crippen LogP contribution in [0, 0.1) is 12.7 Å². The second-order valence-corrected chi connectivity index (χ2v) is 8.00. The third kappa shape index (κ3) is 3.59. The van der Waals surface area contributed by atoms with E-state index in [2.05, 4.69) is 52.5 Å². The molecule has 1 aliphatic rings. The molecule has 1 fully saturated rings. The number of aryl methyl sites for hydroxylation is 1. The molecule has 0 unspecified atom stereocenters. The minimum Gasteiger partial charge on any atom is -0.351 e. The van der Waals surface area contributed by atoms with Crippen LogP contribution in [0.2, 0.25) is 0 Å². The second-order valence-electron chi connectivity index (χ2n) is 7.62. The van der Waals surface area contributed by atoms with Crippen molar-refractivity contribution in [3.63, 3.8) is 0 Å². The molecule has 6 heteroatoms. The molecule has 2 aromatic heterocycles. The van der Waals surface area contributed by atoms with Gasteiger partial charge in [-0.1, -0.05) is 29.8 Å². The van der Waals surface area contributed by atoms with Crippen molar-refractivity contribution in [3.05, 3.63) is 114 Å². The van der Waals surface area contributed by atoms with Crippen molar-refractivity contribution in [2.75, 3.05) is 4.90 Å². The number of nitrogens with zero attached hydrogens (tertiary/aromatic N) is 3. The number of halogens is 1. The first kappa shape index (κ1) is 19.5. The summed E-state index contributed by atoms with van der Waals surface area (Å²) in [6.07, 6.45) is 3.74. The van der Waals surface area contributed by atoms with Crippen LogP contribution in [0.1, 0.15) is 29.0 Å². The second kappa shape index (κ2) is 7.96. The molecule has 154 valence electrons. The lowest BCUT2D eigenvalue weighted by atomic mass is 10.0. The number of anilines is 1. The molecule has 1 saturated heterocycles. The van der Waals surface area contributed by atoms with Crippen molar-refractivity contribution in [1.29, 1.82) is 0 Å². The van der Waals surface area contributed by atoms with Crippen LogP contribution < -0.4 is 10.2 Å². The molecule has 4 aromatic rings. The Morgan fingerprint density at radius 3 is 2.52 bits per heavy atom. The molecule has 0 aliphatic carbocycles. The molecule has 0 bridgehead atoms. The van der Waals surface area contributed by atoms with Crippen LogP contribution in [-0.2, 0) is 0 Å². The van der Waals surface area contributed by atoms with Crippen LogP contribution in [0.15, 0.2) is 91.3 Å². The van der Waals surface area contributed by atoms with Crippen LogP contribution in [0.25, 0.3) is 5.69 Å². The smallest absolute Gasteiger partial charge is 0.174 e. The summed E-state index contributed by atoms with van der Waals surface area (Å²) >= 11 is 5.78. The molecule has 0 saturated carbocycles. The average molecular weight is 429 g/mol. The summed E-state index contributed by atoms with van der Waals surface area (Å²) in [5.41, 5.74) is 4.84. The summed E-state index contributed by atoms with van der Waals surface area (Å²) in [6, 6.07) is 24.5. The lowest BCUT2D eigenvalue weighted by Gasteiger charge is -2.29. The maximum absolute atomic E-state index is 14.0. The van der Waals surface area contributed by atoms with Gasteiger partial charge in [-0.05, 0) is 73.7 Å². The zero-order valence-corrected chi connectivity index (χ0v) is 17.8. The standard InChI is InChI=1S/C25H21FN4S/c1-17-10-12-19(13-11-17)30-24(23(28-25(30)31)21-8-2-3-14-27-21)22-9-5-15-29(22)20-7-4-6-18(26)16-20/h2-16,23-24H,1H3,(H,28,31)/t23-,24+/m0/s1. The number of nitrogens with one attached hydrogen (secondary N) is 1. The highest BCUT2D eigenvalue weighted by atomic mass is 32.1. The van der Waals surface area contributed by atoms with E-state index < -0.39 is 0 Å². The molecular weight excluding hydrogens is 407 g/mol. The zero-order valence-electron chi connectivity index (χ0n) is 16.9. The number of hydrogen-bond acceptors (Lipinski definition) is 2. The molecule has 4 nitrogen and oxygen atoms in total. The van der Waals surface area contributed by atoms with Crippen LogP contribution in [0.5, 0.6) is 0 Å². The van der Waals surface area contributed by atoms with Gasteiger partial charge in [0.2, 0.25) is 0 Å². The van der Waals surface area contributed by atoms with E-state index in [1.807, 2.05) is 41.1 Å². The van der Waals surface area contributed by atoms with Crippen molar-refractivity contribution in [2.45, 2.75) is 19.0 Å². The Balaban J connectivity index is 1.67. The van der Waals surface area contributed by atoms with Crippen molar-refractivity contribution in [2.24, 2.45) is 0 Å². The SMILES string of the molecule is Cc1ccc(N2C(=S)N[C@@H](c3ccccn3)[C@H]2c2cccn2-c2cccc(F)c2)cc1. The van der Waals surface area contributed by atoms with Crippen LogP contribution >= 0.6 is 12.2 Å². The van der Waals surface area contributed by atoms with Gasteiger partial charge in [0, 0.05) is 29.5 Å². The summed E-state index contributed by atoms with van der Waals surface area (Å²) in [5, 5.41) is 4.10. The maximum atomic E-state index is 14.0. The quantitative estimate of drug-likeness (QED) is 0.435. The highest BCUT2D eigenvalue weighted by Gasteiger charge is 2.42. The maximum Gasteiger partial charge on any atom is 0.174 e. The number of thiocarbonyl (C=S) groups is 1. The predicted octanol–water partition coefficient (Wildman–Crippen LogP) is 5.50. The van der Waals surface area contributed by atoms with Gasteiger partial charge in [0.1, 0.15) is 11.9 Å². The van der Waals surface area contributed by atoms with Gasteiger partial charge in [-0.25, -0.2) is 4.39 Å². The number of pyridine rings is 1. The summed E-state index contributed by atoms with van der Waals surface area (Å²) in [6.45, 7) is 2.06. The first-order valence-electron chi connectivity index (χ1n) is 10.1. The Morgan fingerprint density at radius 2 is 1.77 bits per heavy atom. The highest BCUT2D eigenvalue weighted by Crippen LogP contribution is 2.42. The molecular formula is C25H21FN4S. The van der Waals surface area contributed by atoms with E-state index in [1.165, 1.54) is 17.7 Å². The number of hydrogen-bond donors (Lipinski definition) is 1. The fourth-order valence-corrected chi connectivity index (χ4v) is 4.48. The zero-order chi connectivity index (χ0) is 21.4. The molecule has 3 heterocycles. The minimum absolute atomic E-state index is 0.155. The van der Waals surface area contributed by atoms with Crippen LogP contribution in [0.4, 0.5) is 10.1 Å². The third-order valence-electron chi connectivity index (χ3n) is 5.58. The lowest BCUT2D eigenvalue weighted by molar-refractivity contribution is 0.549. The largest absolute Gasteiger partial charge is 0.351 e. The fourth-order valence-electron chi connectivity index (χ4n) is 4.14. The van der Waals surface area contributed by atoms with Gasteiger partial charge >= 0.3 is 0 Å². The van der Waals surface area contributed by atoms with Crippen molar-refractivity contribution in [3.8, 4) is 5.69 Å². The molecule has 31 heavy (non-hydrogen) atoms. The molecule has 5 rings (SSSR count). The van der Waals surface area contributed by atoms with Crippen LogP contribution in [0.3, 0.4) is 0 Å². The van der Waals surface area contributed by atoms with E-state index in [4.69, 9.17) is 12.2 Å². The number of aromatic nitrogens is 2. The van der Waals surface area contributed by atoms with Crippen LogP contribution in [-0.4, -0.2) is 14.7 Å². The summed E-state index contributed by atoms with van der Waals surface area (Å²) in [5.74, 6) is -0.270. The van der Waals surface area contributed by atoms with E-state index in [9.17, 15) is 4.39 Å². The van der Waals surface area contributed by atoms with E-state index in [0.29, 0.717) is 5.11 Å². The summed E-state index contributed by atoms with van der Waals surface area (Å²) in [7, 11) is 0. The van der Waals surface area contributed by atoms with Crippen molar-refractivity contribution >= 4 is 23.0 Å². The van der Waals surface area contributed by atoms with Gasteiger partial charge in [0.25, 0.3) is 0 Å². The fraction of sp³-hybridized carbons (Fsp3) is 0.120. The lowest BCUT2D eigenvalue weighted by Crippen LogP contribution is -2.30. The Hall–Kier alpha value is -3.51. The molecule has 0 amide bonds. The molecule has 1 N–H and O–H groups in total. The van der Waals surface area contributed by atoms with E-state index >= 15 is 0 Å².